The molecule has 0 radical (unpaired) electrons. The Morgan fingerprint density at radius 2 is 1.74 bits per heavy atom. The van der Waals surface area contributed by atoms with Gasteiger partial charge in [-0.05, 0) is 30.0 Å². The van der Waals surface area contributed by atoms with Gasteiger partial charge in [-0.15, -0.1) is 0 Å². The zero-order chi connectivity index (χ0) is 16.3. The fourth-order valence-corrected chi connectivity index (χ4v) is 3.18. The van der Waals surface area contributed by atoms with Crippen LogP contribution in [0.2, 0.25) is 0 Å². The molecule has 0 aromatic heterocycles. The summed E-state index contributed by atoms with van der Waals surface area (Å²) >= 11 is 0. The number of fused-ring (bicyclic) bond motifs is 1. The third-order valence-corrected chi connectivity index (χ3v) is 4.55. The van der Waals surface area contributed by atoms with E-state index in [2.05, 4.69) is 23.1 Å². The molecule has 0 spiro atoms. The molecular weight excluding hydrogens is 286 g/mol. The Bertz CT molecular complexity index is 679. The van der Waals surface area contributed by atoms with Gasteiger partial charge in [-0.1, -0.05) is 54.6 Å². The van der Waals surface area contributed by atoms with Crippen molar-refractivity contribution in [2.75, 3.05) is 13.1 Å². The summed E-state index contributed by atoms with van der Waals surface area (Å²) in [6.45, 7) is 3.70. The molecular formula is C20H23NO2. The molecule has 0 saturated heterocycles. The van der Waals surface area contributed by atoms with Gasteiger partial charge in [0.1, 0.15) is 5.60 Å². The molecule has 3 rings (SSSR count). The van der Waals surface area contributed by atoms with Crippen LogP contribution < -0.4 is 0 Å². The highest BCUT2D eigenvalue weighted by atomic mass is 16.3. The van der Waals surface area contributed by atoms with Crippen LogP contribution in [0.15, 0.2) is 54.6 Å². The van der Waals surface area contributed by atoms with Crippen molar-refractivity contribution < 1.29 is 9.90 Å². The van der Waals surface area contributed by atoms with Gasteiger partial charge in [0.15, 0.2) is 5.78 Å². The molecule has 0 unspecified atom stereocenters. The maximum absolute atomic E-state index is 12.5. The lowest BCUT2D eigenvalue weighted by atomic mass is 9.92. The van der Waals surface area contributed by atoms with Crippen molar-refractivity contribution in [3.8, 4) is 0 Å². The molecule has 2 aromatic carbocycles. The molecule has 0 aliphatic carbocycles. The lowest BCUT2D eigenvalue weighted by molar-refractivity contribution is -0.137. The maximum Gasteiger partial charge on any atom is 0.169 e. The van der Waals surface area contributed by atoms with Crippen molar-refractivity contribution in [3.63, 3.8) is 0 Å². The summed E-state index contributed by atoms with van der Waals surface area (Å²) in [7, 11) is 0. The van der Waals surface area contributed by atoms with Crippen LogP contribution in [0.5, 0.6) is 0 Å². The quantitative estimate of drug-likeness (QED) is 0.923. The van der Waals surface area contributed by atoms with E-state index in [0.29, 0.717) is 6.54 Å². The predicted molar refractivity (Wildman–Crippen MR) is 91.2 cm³/mol. The second kappa shape index (κ2) is 6.65. The smallest absolute Gasteiger partial charge is 0.169 e. The summed E-state index contributed by atoms with van der Waals surface area (Å²) in [5.74, 6) is -0.123. The standard InChI is InChI=1S/C20H23NO2/c1-20(23,19(22)13-16-7-3-2-4-8-16)15-21-12-11-17-9-5-6-10-18(17)14-21/h2-10,23H,11-15H2,1H3/t20-/m0/s1. The Morgan fingerprint density at radius 3 is 2.48 bits per heavy atom. The van der Waals surface area contributed by atoms with Crippen molar-refractivity contribution in [3.05, 3.63) is 71.3 Å². The predicted octanol–water partition coefficient (Wildman–Crippen LogP) is 2.61. The second-order valence-electron chi connectivity index (χ2n) is 6.59. The van der Waals surface area contributed by atoms with Gasteiger partial charge in [0.05, 0.1) is 0 Å². The van der Waals surface area contributed by atoms with Crippen LogP contribution in [0.1, 0.15) is 23.6 Å². The third-order valence-electron chi connectivity index (χ3n) is 4.55. The van der Waals surface area contributed by atoms with Crippen LogP contribution in [-0.2, 0) is 24.2 Å². The largest absolute Gasteiger partial charge is 0.381 e. The summed E-state index contributed by atoms with van der Waals surface area (Å²) in [5.41, 5.74) is 2.30. The van der Waals surface area contributed by atoms with E-state index in [0.717, 1.165) is 25.1 Å². The Kier molecular flexibility index (Phi) is 4.60. The number of β-amino-alcohol motifs (C(OH)–C–C–N with tert-alkyl or cyclic N) is 1. The highest BCUT2D eigenvalue weighted by Gasteiger charge is 2.33. The van der Waals surface area contributed by atoms with E-state index in [-0.39, 0.29) is 12.2 Å². The summed E-state index contributed by atoms with van der Waals surface area (Å²) in [5, 5.41) is 10.7. The van der Waals surface area contributed by atoms with E-state index in [9.17, 15) is 9.90 Å². The topological polar surface area (TPSA) is 40.5 Å². The highest BCUT2D eigenvalue weighted by molar-refractivity contribution is 5.88. The minimum Gasteiger partial charge on any atom is -0.381 e. The van der Waals surface area contributed by atoms with Crippen LogP contribution in [0.4, 0.5) is 0 Å². The van der Waals surface area contributed by atoms with Crippen molar-refractivity contribution in [2.24, 2.45) is 0 Å². The molecule has 1 heterocycles. The van der Waals surface area contributed by atoms with E-state index in [4.69, 9.17) is 0 Å². The third kappa shape index (κ3) is 3.87. The minimum absolute atomic E-state index is 0.123. The van der Waals surface area contributed by atoms with Crippen molar-refractivity contribution in [1.29, 1.82) is 0 Å². The fraction of sp³-hybridized carbons (Fsp3) is 0.350. The molecule has 23 heavy (non-hydrogen) atoms. The minimum atomic E-state index is -1.32. The normalized spacial score (nSPS) is 17.3. The Morgan fingerprint density at radius 1 is 1.09 bits per heavy atom. The van der Waals surface area contributed by atoms with Crippen LogP contribution >= 0.6 is 0 Å². The van der Waals surface area contributed by atoms with Crippen LogP contribution in [-0.4, -0.2) is 34.5 Å². The molecule has 1 aliphatic rings. The first-order valence-electron chi connectivity index (χ1n) is 8.13. The van der Waals surface area contributed by atoms with Gasteiger partial charge >= 0.3 is 0 Å². The average molecular weight is 309 g/mol. The number of hydrogen-bond acceptors (Lipinski definition) is 3. The monoisotopic (exact) mass is 309 g/mol. The molecule has 120 valence electrons. The molecule has 3 heteroatoms. The summed E-state index contributed by atoms with van der Waals surface area (Å²) in [6.07, 6.45) is 1.25. The van der Waals surface area contributed by atoms with Crippen molar-refractivity contribution in [2.45, 2.75) is 31.9 Å². The number of carbonyl (C=O) groups excluding carboxylic acids is 1. The van der Waals surface area contributed by atoms with Gasteiger partial charge in [-0.3, -0.25) is 9.69 Å². The summed E-state index contributed by atoms with van der Waals surface area (Å²) in [6, 6.07) is 18.0. The first kappa shape index (κ1) is 15.9. The number of carbonyl (C=O) groups is 1. The van der Waals surface area contributed by atoms with Crippen LogP contribution in [0, 0.1) is 0 Å². The van der Waals surface area contributed by atoms with Crippen molar-refractivity contribution in [1.82, 2.24) is 4.90 Å². The number of hydrogen-bond donors (Lipinski definition) is 1. The molecule has 0 fully saturated rings. The van der Waals surface area contributed by atoms with Gasteiger partial charge in [0.2, 0.25) is 0 Å². The second-order valence-corrected chi connectivity index (χ2v) is 6.59. The molecule has 0 saturated carbocycles. The van der Waals surface area contributed by atoms with E-state index in [1.807, 2.05) is 36.4 Å². The number of Topliss-reactive ketones (excluding diaryl/α,β-unsaturated/α-hetero) is 1. The number of aliphatic hydroxyl groups is 1. The van der Waals surface area contributed by atoms with Crippen LogP contribution in [0.3, 0.4) is 0 Å². The zero-order valence-electron chi connectivity index (χ0n) is 13.5. The number of rotatable bonds is 5. The molecule has 1 aliphatic heterocycles. The molecule has 0 amide bonds. The first-order chi connectivity index (χ1) is 11.0. The number of ketones is 1. The maximum atomic E-state index is 12.5. The zero-order valence-corrected chi connectivity index (χ0v) is 13.5. The molecule has 1 atom stereocenters. The van der Waals surface area contributed by atoms with E-state index in [1.54, 1.807) is 6.92 Å². The number of nitrogens with zero attached hydrogens (tertiary/aromatic N) is 1. The molecule has 1 N–H and O–H groups in total. The lowest BCUT2D eigenvalue weighted by Crippen LogP contribution is -2.48. The summed E-state index contributed by atoms with van der Waals surface area (Å²) < 4.78 is 0. The van der Waals surface area contributed by atoms with Gasteiger partial charge in [0.25, 0.3) is 0 Å². The van der Waals surface area contributed by atoms with Crippen molar-refractivity contribution >= 4 is 5.78 Å². The SMILES string of the molecule is C[C@](O)(CN1CCc2ccccc2C1)C(=O)Cc1ccccc1. The molecule has 0 bridgehead atoms. The fourth-order valence-electron chi connectivity index (χ4n) is 3.18. The van der Waals surface area contributed by atoms with Gasteiger partial charge < -0.3 is 5.11 Å². The van der Waals surface area contributed by atoms with Gasteiger partial charge in [-0.2, -0.15) is 0 Å². The lowest BCUT2D eigenvalue weighted by Gasteiger charge is -2.34. The molecule has 2 aromatic rings. The van der Waals surface area contributed by atoms with Crippen LogP contribution in [0.25, 0.3) is 0 Å². The van der Waals surface area contributed by atoms with Gasteiger partial charge in [0, 0.05) is 26.1 Å². The van der Waals surface area contributed by atoms with Gasteiger partial charge in [-0.25, -0.2) is 0 Å². The average Bonchev–Trinajstić information content (AvgIpc) is 2.55. The highest BCUT2D eigenvalue weighted by Crippen LogP contribution is 2.21. The summed E-state index contributed by atoms with van der Waals surface area (Å²) in [4.78, 5) is 14.6. The molecule has 3 nitrogen and oxygen atoms in total. The first-order valence-corrected chi connectivity index (χ1v) is 8.13. The number of benzene rings is 2. The van der Waals surface area contributed by atoms with E-state index < -0.39 is 5.60 Å². The Labute approximate surface area is 137 Å². The van der Waals surface area contributed by atoms with E-state index in [1.165, 1.54) is 11.1 Å². The van der Waals surface area contributed by atoms with E-state index >= 15 is 0 Å². The Balaban J connectivity index is 1.63. The Hall–Kier alpha value is -1.97.